The van der Waals surface area contributed by atoms with Crippen molar-refractivity contribution in [3.05, 3.63) is 63.6 Å². The van der Waals surface area contributed by atoms with Gasteiger partial charge < -0.3 is 10.6 Å². The Labute approximate surface area is 156 Å². The Kier molecular flexibility index (Phi) is 5.02. The molecule has 4 nitrogen and oxygen atoms in total. The normalized spacial score (nSPS) is 14.7. The topological polar surface area (TPSA) is 58.2 Å². The standard InChI is InChI=1S/C19H18Cl2N2O2/c1-12-2-4-13(5-3-12)11-22-17(24)19(8-9-19)18(25)23-16-10-14(20)6-7-15(16)21/h2-7,10H,8-9,11H2,1H3,(H,22,24)(H,23,25). The number of aryl methyl sites for hydroxylation is 1. The van der Waals surface area contributed by atoms with Gasteiger partial charge in [0, 0.05) is 11.6 Å². The van der Waals surface area contributed by atoms with Crippen LogP contribution < -0.4 is 10.6 Å². The van der Waals surface area contributed by atoms with E-state index >= 15 is 0 Å². The fraction of sp³-hybridized carbons (Fsp3) is 0.263. The molecule has 0 atom stereocenters. The summed E-state index contributed by atoms with van der Waals surface area (Å²) in [6, 6.07) is 12.7. The number of amides is 2. The minimum atomic E-state index is -1.02. The van der Waals surface area contributed by atoms with Gasteiger partial charge in [0.1, 0.15) is 5.41 Å². The number of hydrogen-bond donors (Lipinski definition) is 2. The predicted molar refractivity (Wildman–Crippen MR) is 99.8 cm³/mol. The second-order valence-electron chi connectivity index (χ2n) is 6.33. The van der Waals surface area contributed by atoms with Crippen LogP contribution in [-0.4, -0.2) is 11.8 Å². The van der Waals surface area contributed by atoms with E-state index in [1.165, 1.54) is 0 Å². The maximum atomic E-state index is 12.6. The fourth-order valence-electron chi connectivity index (χ4n) is 2.57. The SMILES string of the molecule is Cc1ccc(CNC(=O)C2(C(=O)Nc3cc(Cl)ccc3Cl)CC2)cc1. The van der Waals surface area contributed by atoms with Gasteiger partial charge in [-0.2, -0.15) is 0 Å². The zero-order valence-corrected chi connectivity index (χ0v) is 15.2. The smallest absolute Gasteiger partial charge is 0.240 e. The van der Waals surface area contributed by atoms with Gasteiger partial charge in [-0.1, -0.05) is 53.0 Å². The molecule has 1 aliphatic rings. The monoisotopic (exact) mass is 376 g/mol. The summed E-state index contributed by atoms with van der Waals surface area (Å²) in [4.78, 5) is 25.1. The molecule has 1 aliphatic carbocycles. The summed E-state index contributed by atoms with van der Waals surface area (Å²) >= 11 is 12.0. The van der Waals surface area contributed by atoms with Gasteiger partial charge >= 0.3 is 0 Å². The first-order valence-electron chi connectivity index (χ1n) is 8.01. The van der Waals surface area contributed by atoms with Crippen molar-refractivity contribution < 1.29 is 9.59 Å². The third-order valence-corrected chi connectivity index (χ3v) is 4.93. The highest BCUT2D eigenvalue weighted by molar-refractivity contribution is 6.36. The lowest BCUT2D eigenvalue weighted by Crippen LogP contribution is -2.39. The highest BCUT2D eigenvalue weighted by Crippen LogP contribution is 2.47. The summed E-state index contributed by atoms with van der Waals surface area (Å²) < 4.78 is 0. The lowest BCUT2D eigenvalue weighted by molar-refractivity contribution is -0.134. The summed E-state index contributed by atoms with van der Waals surface area (Å²) in [5.41, 5.74) is 1.55. The van der Waals surface area contributed by atoms with Gasteiger partial charge in [-0.3, -0.25) is 9.59 Å². The summed E-state index contributed by atoms with van der Waals surface area (Å²) in [5, 5.41) is 6.43. The van der Waals surface area contributed by atoms with Crippen molar-refractivity contribution in [3.63, 3.8) is 0 Å². The van der Waals surface area contributed by atoms with Crippen LogP contribution in [0, 0.1) is 12.3 Å². The molecule has 25 heavy (non-hydrogen) atoms. The number of nitrogens with one attached hydrogen (secondary N) is 2. The molecule has 6 heteroatoms. The fourth-order valence-corrected chi connectivity index (χ4v) is 2.91. The summed E-state index contributed by atoms with van der Waals surface area (Å²) in [5.74, 6) is -0.609. The van der Waals surface area contributed by atoms with Gasteiger partial charge in [-0.25, -0.2) is 0 Å². The van der Waals surface area contributed by atoms with Crippen LogP contribution in [0.4, 0.5) is 5.69 Å². The summed E-state index contributed by atoms with van der Waals surface area (Å²) in [7, 11) is 0. The van der Waals surface area contributed by atoms with E-state index in [-0.39, 0.29) is 11.8 Å². The molecule has 1 saturated carbocycles. The number of carbonyl (C=O) groups is 2. The lowest BCUT2D eigenvalue weighted by Gasteiger charge is -2.16. The van der Waals surface area contributed by atoms with E-state index in [2.05, 4.69) is 10.6 Å². The maximum absolute atomic E-state index is 12.6. The molecule has 2 N–H and O–H groups in total. The van der Waals surface area contributed by atoms with Crippen LogP contribution in [0.25, 0.3) is 0 Å². The van der Waals surface area contributed by atoms with Gasteiger partial charge in [0.05, 0.1) is 10.7 Å². The second kappa shape index (κ2) is 7.06. The largest absolute Gasteiger partial charge is 0.351 e. The average molecular weight is 377 g/mol. The molecule has 2 aromatic rings. The number of hydrogen-bond acceptors (Lipinski definition) is 2. The molecule has 2 amide bonds. The maximum Gasteiger partial charge on any atom is 0.240 e. The van der Waals surface area contributed by atoms with Crippen LogP contribution in [-0.2, 0) is 16.1 Å². The Balaban J connectivity index is 1.64. The van der Waals surface area contributed by atoms with Crippen molar-refractivity contribution in [2.75, 3.05) is 5.32 Å². The minimum Gasteiger partial charge on any atom is -0.351 e. The van der Waals surface area contributed by atoms with E-state index in [9.17, 15) is 9.59 Å². The van der Waals surface area contributed by atoms with Gasteiger partial charge in [-0.15, -0.1) is 0 Å². The first kappa shape index (κ1) is 17.8. The van der Waals surface area contributed by atoms with Crippen LogP contribution in [0.15, 0.2) is 42.5 Å². The molecule has 0 bridgehead atoms. The molecule has 0 radical (unpaired) electrons. The van der Waals surface area contributed by atoms with E-state index in [1.54, 1.807) is 18.2 Å². The second-order valence-corrected chi connectivity index (χ2v) is 7.17. The van der Waals surface area contributed by atoms with Crippen molar-refractivity contribution in [1.29, 1.82) is 0 Å². The van der Waals surface area contributed by atoms with Crippen LogP contribution in [0.5, 0.6) is 0 Å². The van der Waals surface area contributed by atoms with Crippen LogP contribution in [0.3, 0.4) is 0 Å². The van der Waals surface area contributed by atoms with Crippen LogP contribution in [0.1, 0.15) is 24.0 Å². The Morgan fingerprint density at radius 1 is 1.04 bits per heavy atom. The lowest BCUT2D eigenvalue weighted by atomic mass is 10.0. The summed E-state index contributed by atoms with van der Waals surface area (Å²) in [6.45, 7) is 2.40. The van der Waals surface area contributed by atoms with Gasteiger partial charge in [0.15, 0.2) is 0 Å². The Bertz CT molecular complexity index is 815. The number of carbonyl (C=O) groups excluding carboxylic acids is 2. The highest BCUT2D eigenvalue weighted by atomic mass is 35.5. The molecule has 0 saturated heterocycles. The summed E-state index contributed by atoms with van der Waals surface area (Å²) in [6.07, 6.45) is 1.05. The zero-order valence-electron chi connectivity index (χ0n) is 13.7. The molecule has 0 unspecified atom stereocenters. The molecular formula is C19H18Cl2N2O2. The Morgan fingerprint density at radius 2 is 1.72 bits per heavy atom. The molecule has 0 heterocycles. The van der Waals surface area contributed by atoms with E-state index in [4.69, 9.17) is 23.2 Å². The van der Waals surface area contributed by atoms with Crippen LogP contribution >= 0.6 is 23.2 Å². The van der Waals surface area contributed by atoms with Gasteiger partial charge in [-0.05, 0) is 43.5 Å². The van der Waals surface area contributed by atoms with Gasteiger partial charge in [0.2, 0.25) is 11.8 Å². The molecule has 0 aliphatic heterocycles. The highest BCUT2D eigenvalue weighted by Gasteiger charge is 2.56. The molecule has 130 valence electrons. The van der Waals surface area contributed by atoms with Crippen molar-refractivity contribution in [3.8, 4) is 0 Å². The first-order chi connectivity index (χ1) is 11.9. The Hall–Kier alpha value is -2.04. The number of halogens is 2. The predicted octanol–water partition coefficient (Wildman–Crippen LogP) is 4.34. The molecule has 2 aromatic carbocycles. The van der Waals surface area contributed by atoms with Crippen molar-refractivity contribution in [2.45, 2.75) is 26.3 Å². The van der Waals surface area contributed by atoms with E-state index in [0.29, 0.717) is 35.1 Å². The van der Waals surface area contributed by atoms with E-state index < -0.39 is 5.41 Å². The number of benzene rings is 2. The number of rotatable bonds is 5. The number of anilines is 1. The van der Waals surface area contributed by atoms with Crippen LogP contribution in [0.2, 0.25) is 10.0 Å². The third-order valence-electron chi connectivity index (χ3n) is 4.37. The first-order valence-corrected chi connectivity index (χ1v) is 8.77. The van der Waals surface area contributed by atoms with Gasteiger partial charge in [0.25, 0.3) is 0 Å². The third kappa shape index (κ3) is 3.97. The minimum absolute atomic E-state index is 0.260. The zero-order chi connectivity index (χ0) is 18.0. The molecule has 3 rings (SSSR count). The molecule has 0 spiro atoms. The quantitative estimate of drug-likeness (QED) is 0.762. The van der Waals surface area contributed by atoms with Crippen molar-refractivity contribution >= 4 is 40.7 Å². The van der Waals surface area contributed by atoms with E-state index in [0.717, 1.165) is 11.1 Å². The van der Waals surface area contributed by atoms with E-state index in [1.807, 2.05) is 31.2 Å². The molecule has 0 aromatic heterocycles. The molecule has 1 fully saturated rings. The van der Waals surface area contributed by atoms with Crippen molar-refractivity contribution in [1.82, 2.24) is 5.32 Å². The Morgan fingerprint density at radius 3 is 2.36 bits per heavy atom. The molecular weight excluding hydrogens is 359 g/mol. The van der Waals surface area contributed by atoms with Crippen molar-refractivity contribution in [2.24, 2.45) is 5.41 Å². The average Bonchev–Trinajstić information content (AvgIpc) is 3.39.